The number of thioether (sulfide) groups is 1. The van der Waals surface area contributed by atoms with Crippen molar-refractivity contribution < 1.29 is 17.3 Å². The Morgan fingerprint density at radius 1 is 1.14 bits per heavy atom. The van der Waals surface area contributed by atoms with Gasteiger partial charge in [-0.05, 0) is 37.8 Å². The predicted octanol–water partition coefficient (Wildman–Crippen LogP) is 3.10. The highest BCUT2D eigenvalue weighted by atomic mass is 32.2. The lowest BCUT2D eigenvalue weighted by molar-refractivity contribution is 0.0363. The van der Waals surface area contributed by atoms with Gasteiger partial charge < -0.3 is 4.74 Å². The van der Waals surface area contributed by atoms with Crippen LogP contribution in [-0.4, -0.2) is 34.9 Å². The molecule has 0 aromatic heterocycles. The monoisotopic (exact) mass is 328 g/mol. The molecule has 2 fully saturated rings. The van der Waals surface area contributed by atoms with Crippen LogP contribution in [0.15, 0.2) is 35.2 Å². The zero-order valence-electron chi connectivity index (χ0n) is 11.9. The Bertz CT molecular complexity index is 474. The molecule has 3 rings (SSSR count). The minimum absolute atomic E-state index is 0.0602. The predicted molar refractivity (Wildman–Crippen MR) is 83.3 cm³/mol. The summed E-state index contributed by atoms with van der Waals surface area (Å²) >= 11 is 0.207. The first-order valence-corrected chi connectivity index (χ1v) is 9.14. The Kier molecular flexibility index (Phi) is 5.34. The van der Waals surface area contributed by atoms with Crippen LogP contribution in [-0.2, 0) is 24.5 Å². The Hall–Kier alpha value is -0.400. The highest BCUT2D eigenvalue weighted by molar-refractivity contribution is 8.00. The largest absolute Gasteiger partial charge is 0.381 e. The van der Waals surface area contributed by atoms with Crippen LogP contribution in [0, 0.1) is 0 Å². The second-order valence-electron chi connectivity index (χ2n) is 5.35. The van der Waals surface area contributed by atoms with E-state index in [1.165, 1.54) is 4.90 Å². The molecule has 2 heterocycles. The van der Waals surface area contributed by atoms with E-state index in [2.05, 4.69) is 12.1 Å². The zero-order valence-corrected chi connectivity index (χ0v) is 13.5. The molecule has 2 atom stereocenters. The fourth-order valence-electron chi connectivity index (χ4n) is 2.85. The van der Waals surface area contributed by atoms with Crippen molar-refractivity contribution >= 4 is 23.1 Å². The molecule has 2 saturated heterocycles. The van der Waals surface area contributed by atoms with E-state index in [1.807, 2.05) is 30.0 Å². The number of ether oxygens (including phenoxy) is 1. The fourth-order valence-corrected chi connectivity index (χ4v) is 5.12. The van der Waals surface area contributed by atoms with Crippen molar-refractivity contribution in [3.05, 3.63) is 30.3 Å². The molecular formula is C15H20O4S2. The molecule has 6 heteroatoms. The average Bonchev–Trinajstić information content (AvgIpc) is 2.74. The third kappa shape index (κ3) is 3.87. The number of benzene rings is 1. The second-order valence-corrected chi connectivity index (χ2v) is 7.67. The molecule has 0 amide bonds. The standard InChI is InChI=1S/C15H20O4S2/c16-21-18-10-4-7-14(19-21)15(8-11-17-12-9-15)20-13-5-2-1-3-6-13/h1-3,5-6,14H,4,7-12H2. The Labute approximate surface area is 132 Å². The summed E-state index contributed by atoms with van der Waals surface area (Å²) in [5.74, 6) is 0. The number of rotatable bonds is 3. The third-order valence-corrected chi connectivity index (χ3v) is 6.31. The molecule has 2 aliphatic rings. The quantitative estimate of drug-likeness (QED) is 0.853. The summed E-state index contributed by atoms with van der Waals surface area (Å²) in [5.41, 5.74) is 0. The second kappa shape index (κ2) is 7.24. The Balaban J connectivity index is 1.83. The summed E-state index contributed by atoms with van der Waals surface area (Å²) in [6, 6.07) is 10.3. The van der Waals surface area contributed by atoms with Gasteiger partial charge in [0.05, 0.1) is 17.5 Å². The van der Waals surface area contributed by atoms with Gasteiger partial charge in [-0.15, -0.1) is 11.8 Å². The molecule has 0 N–H and O–H groups in total. The first-order valence-electron chi connectivity index (χ1n) is 7.32. The molecule has 0 radical (unpaired) electrons. The maximum Gasteiger partial charge on any atom is 0.304 e. The number of hydrogen-bond acceptors (Lipinski definition) is 5. The van der Waals surface area contributed by atoms with Gasteiger partial charge in [0.25, 0.3) is 0 Å². The molecule has 4 nitrogen and oxygen atoms in total. The van der Waals surface area contributed by atoms with Crippen LogP contribution in [0.1, 0.15) is 25.7 Å². The lowest BCUT2D eigenvalue weighted by Gasteiger charge is -2.41. The lowest BCUT2D eigenvalue weighted by atomic mass is 9.90. The van der Waals surface area contributed by atoms with Crippen LogP contribution in [0.25, 0.3) is 0 Å². The van der Waals surface area contributed by atoms with E-state index >= 15 is 0 Å². The summed E-state index contributed by atoms with van der Waals surface area (Å²) in [6.07, 6.45) is 3.53. The average molecular weight is 328 g/mol. The minimum Gasteiger partial charge on any atom is -0.381 e. The summed E-state index contributed by atoms with van der Waals surface area (Å²) in [7, 11) is 0. The van der Waals surface area contributed by atoms with Gasteiger partial charge in [0.2, 0.25) is 0 Å². The molecule has 0 spiro atoms. The van der Waals surface area contributed by atoms with Crippen LogP contribution in [0.4, 0.5) is 0 Å². The van der Waals surface area contributed by atoms with Crippen molar-refractivity contribution in [3.8, 4) is 0 Å². The zero-order chi connectivity index (χ0) is 14.5. The van der Waals surface area contributed by atoms with Gasteiger partial charge in [0, 0.05) is 18.1 Å². The van der Waals surface area contributed by atoms with E-state index < -0.39 is 11.4 Å². The Morgan fingerprint density at radius 3 is 2.67 bits per heavy atom. The lowest BCUT2D eigenvalue weighted by Crippen LogP contribution is -2.45. The van der Waals surface area contributed by atoms with Crippen molar-refractivity contribution in [3.63, 3.8) is 0 Å². The van der Waals surface area contributed by atoms with Crippen molar-refractivity contribution in [2.45, 2.75) is 41.4 Å². The van der Waals surface area contributed by atoms with Crippen LogP contribution in [0.3, 0.4) is 0 Å². The van der Waals surface area contributed by atoms with Gasteiger partial charge in [-0.1, -0.05) is 18.2 Å². The molecule has 0 saturated carbocycles. The first-order chi connectivity index (χ1) is 10.3. The van der Waals surface area contributed by atoms with Crippen LogP contribution in [0.5, 0.6) is 0 Å². The van der Waals surface area contributed by atoms with Crippen molar-refractivity contribution in [2.75, 3.05) is 19.8 Å². The number of hydrogen-bond donors (Lipinski definition) is 0. The smallest absolute Gasteiger partial charge is 0.304 e. The minimum atomic E-state index is -1.63. The molecule has 1 aromatic rings. The molecule has 2 unspecified atom stereocenters. The summed E-state index contributed by atoms with van der Waals surface area (Å²) in [6.45, 7) is 1.96. The molecule has 0 aliphatic carbocycles. The fraction of sp³-hybridized carbons (Fsp3) is 0.600. The van der Waals surface area contributed by atoms with E-state index in [1.54, 1.807) is 0 Å². The van der Waals surface area contributed by atoms with Crippen LogP contribution >= 0.6 is 11.8 Å². The summed E-state index contributed by atoms with van der Waals surface area (Å²) < 4.78 is 28.0. The van der Waals surface area contributed by atoms with Gasteiger partial charge in [-0.25, -0.2) is 0 Å². The van der Waals surface area contributed by atoms with Crippen molar-refractivity contribution in [1.82, 2.24) is 0 Å². The van der Waals surface area contributed by atoms with Crippen molar-refractivity contribution in [2.24, 2.45) is 0 Å². The molecule has 116 valence electrons. The van der Waals surface area contributed by atoms with Gasteiger partial charge in [0.15, 0.2) is 0 Å². The summed E-state index contributed by atoms with van der Waals surface area (Å²) in [5, 5.41) is 0. The van der Waals surface area contributed by atoms with E-state index in [9.17, 15) is 4.21 Å². The van der Waals surface area contributed by atoms with Gasteiger partial charge in [-0.3, -0.25) is 8.37 Å². The van der Waals surface area contributed by atoms with E-state index in [-0.39, 0.29) is 10.9 Å². The molecule has 0 bridgehead atoms. The third-order valence-electron chi connectivity index (χ3n) is 3.98. The summed E-state index contributed by atoms with van der Waals surface area (Å²) in [4.78, 5) is 1.22. The van der Waals surface area contributed by atoms with E-state index in [4.69, 9.17) is 13.1 Å². The van der Waals surface area contributed by atoms with Crippen LogP contribution in [0.2, 0.25) is 0 Å². The van der Waals surface area contributed by atoms with Gasteiger partial charge in [-0.2, -0.15) is 4.21 Å². The maximum absolute atomic E-state index is 11.8. The van der Waals surface area contributed by atoms with Crippen molar-refractivity contribution in [1.29, 1.82) is 0 Å². The normalized spacial score (nSPS) is 29.7. The van der Waals surface area contributed by atoms with E-state index in [0.29, 0.717) is 6.61 Å². The topological polar surface area (TPSA) is 44.8 Å². The van der Waals surface area contributed by atoms with Gasteiger partial charge >= 0.3 is 11.4 Å². The molecule has 21 heavy (non-hydrogen) atoms. The Morgan fingerprint density at radius 2 is 1.90 bits per heavy atom. The maximum atomic E-state index is 11.8. The van der Waals surface area contributed by atoms with Gasteiger partial charge in [0.1, 0.15) is 0 Å². The molecule has 2 aliphatic heterocycles. The highest BCUT2D eigenvalue weighted by Crippen LogP contribution is 2.46. The molecule has 1 aromatic carbocycles. The van der Waals surface area contributed by atoms with E-state index in [0.717, 1.165) is 38.9 Å². The molecular weight excluding hydrogens is 308 g/mol. The first kappa shape index (κ1) is 15.5. The SMILES string of the molecule is O=S1OCCCC(C2(Sc3ccccc3)CCOCC2)O1. The highest BCUT2D eigenvalue weighted by Gasteiger charge is 2.44. The van der Waals surface area contributed by atoms with Crippen LogP contribution < -0.4 is 0 Å².